The Kier molecular flexibility index (Phi) is 6.03. The van der Waals surface area contributed by atoms with Gasteiger partial charge in [-0.1, -0.05) is 11.6 Å². The first-order valence-corrected chi connectivity index (χ1v) is 8.73. The second-order valence-corrected chi connectivity index (χ2v) is 6.29. The number of anilines is 1. The van der Waals surface area contributed by atoms with Gasteiger partial charge in [0.15, 0.2) is 16.8 Å². The number of carbonyl (C=O) groups excluding carboxylic acids is 1. The fourth-order valence-corrected chi connectivity index (χ4v) is 2.64. The smallest absolute Gasteiger partial charge is 0.228 e. The molecule has 1 aliphatic heterocycles. The molecule has 4 rings (SSSR count). The van der Waals surface area contributed by atoms with Gasteiger partial charge in [-0.2, -0.15) is 0 Å². The Morgan fingerprint density at radius 2 is 1.89 bits per heavy atom. The first-order chi connectivity index (χ1) is 13.0. The fourth-order valence-electron chi connectivity index (χ4n) is 2.54. The summed E-state index contributed by atoms with van der Waals surface area (Å²) in [6, 6.07) is 5.10. The average molecular weight is 386 g/mol. The van der Waals surface area contributed by atoms with E-state index in [0.29, 0.717) is 12.2 Å². The third-order valence-electron chi connectivity index (χ3n) is 3.90. The van der Waals surface area contributed by atoms with Gasteiger partial charge < -0.3 is 0 Å². The summed E-state index contributed by atoms with van der Waals surface area (Å²) in [6.45, 7) is 2.49. The van der Waals surface area contributed by atoms with Crippen molar-refractivity contribution in [2.75, 3.05) is 11.4 Å². The molecule has 27 heavy (non-hydrogen) atoms. The van der Waals surface area contributed by atoms with Gasteiger partial charge in [0.1, 0.15) is 0 Å². The number of hydrogen-bond donors (Lipinski definition) is 0. The third kappa shape index (κ3) is 4.83. The minimum Gasteiger partial charge on any atom is -0.296 e. The molecule has 8 heteroatoms. The second-order valence-electron chi connectivity index (χ2n) is 5.93. The molecule has 0 atom stereocenters. The zero-order chi connectivity index (χ0) is 19.2. The van der Waals surface area contributed by atoms with Crippen molar-refractivity contribution in [3.05, 3.63) is 65.7 Å². The number of amides is 1. The lowest BCUT2D eigenvalue weighted by Gasteiger charge is -2.13. The highest BCUT2D eigenvalue weighted by Crippen LogP contribution is 2.20. The predicted octanol–water partition coefficient (Wildman–Crippen LogP) is 3.85. The molecule has 0 unspecified atom stereocenters. The van der Waals surface area contributed by atoms with E-state index >= 15 is 0 Å². The van der Waals surface area contributed by atoms with Crippen LogP contribution in [0.4, 0.5) is 10.2 Å². The van der Waals surface area contributed by atoms with Gasteiger partial charge in [-0.3, -0.25) is 19.7 Å². The van der Waals surface area contributed by atoms with Gasteiger partial charge in [-0.25, -0.2) is 14.4 Å². The van der Waals surface area contributed by atoms with Crippen molar-refractivity contribution in [3.8, 4) is 11.3 Å². The number of aromatic nitrogens is 4. The van der Waals surface area contributed by atoms with Gasteiger partial charge in [-0.15, -0.1) is 0 Å². The summed E-state index contributed by atoms with van der Waals surface area (Å²) in [5.41, 5.74) is 2.53. The Hall–Kier alpha value is -2.93. The van der Waals surface area contributed by atoms with E-state index in [0.717, 1.165) is 29.8 Å². The molecule has 3 aromatic rings. The molecule has 0 aliphatic carbocycles. The van der Waals surface area contributed by atoms with E-state index in [1.807, 2.05) is 12.1 Å². The minimum atomic E-state index is -0.461. The highest BCUT2D eigenvalue weighted by molar-refractivity contribution is 6.29. The Morgan fingerprint density at radius 3 is 2.44 bits per heavy atom. The monoisotopic (exact) mass is 385 g/mol. The molecule has 3 aromatic heterocycles. The summed E-state index contributed by atoms with van der Waals surface area (Å²) in [4.78, 5) is 29.4. The highest BCUT2D eigenvalue weighted by atomic mass is 35.5. The van der Waals surface area contributed by atoms with E-state index < -0.39 is 5.82 Å². The van der Waals surface area contributed by atoms with Gasteiger partial charge in [0.25, 0.3) is 0 Å². The number of aryl methyl sites for hydroxylation is 1. The van der Waals surface area contributed by atoms with E-state index in [9.17, 15) is 9.18 Å². The van der Waals surface area contributed by atoms with Crippen LogP contribution in [0, 0.1) is 12.7 Å². The second kappa shape index (κ2) is 8.64. The first kappa shape index (κ1) is 18.8. The van der Waals surface area contributed by atoms with Crippen LogP contribution in [0.15, 0.2) is 49.2 Å². The SMILES string of the molecule is Cc1cnc(Cl)c(F)c1.O=C1CCCN1c1cnc(-c2ccncc2)cn1. The molecule has 1 saturated heterocycles. The van der Waals surface area contributed by atoms with Crippen molar-refractivity contribution in [1.29, 1.82) is 0 Å². The topological polar surface area (TPSA) is 71.9 Å². The van der Waals surface area contributed by atoms with Gasteiger partial charge >= 0.3 is 0 Å². The molecule has 0 N–H and O–H groups in total. The predicted molar refractivity (Wildman–Crippen MR) is 101 cm³/mol. The van der Waals surface area contributed by atoms with Crippen LogP contribution in [-0.4, -0.2) is 32.4 Å². The standard InChI is InChI=1S/C13H12N4O.C6H5ClFN/c18-13-2-1-7-17(13)12-9-15-11(8-16-12)10-3-5-14-6-4-10;1-4-2-5(8)6(7)9-3-4/h3-6,8-9H,1-2,7H2;2-3H,1H3. The van der Waals surface area contributed by atoms with Crippen LogP contribution in [-0.2, 0) is 4.79 Å². The van der Waals surface area contributed by atoms with Crippen LogP contribution in [0.1, 0.15) is 18.4 Å². The van der Waals surface area contributed by atoms with E-state index in [4.69, 9.17) is 11.6 Å². The molecular formula is C19H17ClFN5O. The van der Waals surface area contributed by atoms with Crippen molar-refractivity contribution in [2.45, 2.75) is 19.8 Å². The van der Waals surface area contributed by atoms with Crippen molar-refractivity contribution in [1.82, 2.24) is 19.9 Å². The first-order valence-electron chi connectivity index (χ1n) is 8.35. The molecule has 1 amide bonds. The lowest BCUT2D eigenvalue weighted by Crippen LogP contribution is -2.24. The molecule has 0 aromatic carbocycles. The zero-order valence-corrected chi connectivity index (χ0v) is 15.4. The maximum Gasteiger partial charge on any atom is 0.228 e. The molecule has 6 nitrogen and oxygen atoms in total. The zero-order valence-electron chi connectivity index (χ0n) is 14.6. The fraction of sp³-hybridized carbons (Fsp3) is 0.211. The van der Waals surface area contributed by atoms with Gasteiger partial charge in [0.2, 0.25) is 5.91 Å². The number of carbonyl (C=O) groups is 1. The van der Waals surface area contributed by atoms with Crippen LogP contribution in [0.25, 0.3) is 11.3 Å². The third-order valence-corrected chi connectivity index (χ3v) is 4.18. The van der Waals surface area contributed by atoms with Crippen LogP contribution in [0.3, 0.4) is 0 Å². The van der Waals surface area contributed by atoms with Gasteiger partial charge in [0, 0.05) is 37.1 Å². The minimum absolute atomic E-state index is 0.0689. The summed E-state index contributed by atoms with van der Waals surface area (Å²) < 4.78 is 12.4. The van der Waals surface area contributed by atoms with E-state index in [1.165, 1.54) is 12.3 Å². The largest absolute Gasteiger partial charge is 0.296 e. The van der Waals surface area contributed by atoms with Crippen LogP contribution in [0.5, 0.6) is 0 Å². The van der Waals surface area contributed by atoms with E-state index in [-0.39, 0.29) is 11.1 Å². The number of nitrogens with zero attached hydrogens (tertiary/aromatic N) is 5. The molecule has 0 radical (unpaired) electrons. The maximum absolute atomic E-state index is 12.4. The average Bonchev–Trinajstić information content (AvgIpc) is 3.12. The summed E-state index contributed by atoms with van der Waals surface area (Å²) in [6.07, 6.45) is 9.80. The number of hydrogen-bond acceptors (Lipinski definition) is 5. The van der Waals surface area contributed by atoms with Crippen molar-refractivity contribution >= 4 is 23.3 Å². The summed E-state index contributed by atoms with van der Waals surface area (Å²) >= 11 is 5.29. The summed E-state index contributed by atoms with van der Waals surface area (Å²) in [7, 11) is 0. The van der Waals surface area contributed by atoms with Crippen LogP contribution >= 0.6 is 11.6 Å². The number of halogens is 2. The van der Waals surface area contributed by atoms with Crippen molar-refractivity contribution in [2.24, 2.45) is 0 Å². The molecule has 0 bridgehead atoms. The van der Waals surface area contributed by atoms with Gasteiger partial charge in [0.05, 0.1) is 18.1 Å². The van der Waals surface area contributed by atoms with Crippen molar-refractivity contribution in [3.63, 3.8) is 0 Å². The number of pyridine rings is 2. The lowest BCUT2D eigenvalue weighted by molar-refractivity contribution is -0.117. The van der Waals surface area contributed by atoms with E-state index in [2.05, 4.69) is 19.9 Å². The molecular weight excluding hydrogens is 369 g/mol. The Bertz CT molecular complexity index is 921. The summed E-state index contributed by atoms with van der Waals surface area (Å²) in [5.74, 6) is 0.299. The molecule has 0 spiro atoms. The molecule has 4 heterocycles. The van der Waals surface area contributed by atoms with Gasteiger partial charge in [-0.05, 0) is 37.1 Å². The van der Waals surface area contributed by atoms with E-state index in [1.54, 1.807) is 36.6 Å². The highest BCUT2D eigenvalue weighted by Gasteiger charge is 2.22. The van der Waals surface area contributed by atoms with Crippen LogP contribution < -0.4 is 4.90 Å². The van der Waals surface area contributed by atoms with Crippen molar-refractivity contribution < 1.29 is 9.18 Å². The molecule has 0 saturated carbocycles. The number of rotatable bonds is 2. The Balaban J connectivity index is 0.000000197. The molecule has 1 aliphatic rings. The summed E-state index contributed by atoms with van der Waals surface area (Å²) in [5, 5.41) is -0.0689. The molecule has 138 valence electrons. The Labute approximate surface area is 161 Å². The quantitative estimate of drug-likeness (QED) is 0.626. The Morgan fingerprint density at radius 1 is 1.11 bits per heavy atom. The normalized spacial score (nSPS) is 13.3. The van der Waals surface area contributed by atoms with Crippen LogP contribution in [0.2, 0.25) is 5.15 Å². The lowest BCUT2D eigenvalue weighted by atomic mass is 10.2. The maximum atomic E-state index is 12.4. The molecule has 1 fully saturated rings.